The molecule has 7 nitrogen and oxygen atoms in total. The van der Waals surface area contributed by atoms with Crippen molar-refractivity contribution in [1.82, 2.24) is 5.32 Å². The second-order valence-corrected chi connectivity index (χ2v) is 11.5. The molecule has 3 aromatic carbocycles. The highest BCUT2D eigenvalue weighted by Crippen LogP contribution is 2.48. The van der Waals surface area contributed by atoms with Gasteiger partial charge in [-0.2, -0.15) is 0 Å². The quantitative estimate of drug-likeness (QED) is 0.188. The molecular formula is C30H36N3O4P. The summed E-state index contributed by atoms with van der Waals surface area (Å²) in [7, 11) is -3.53. The molecule has 1 aliphatic heterocycles. The smallest absolute Gasteiger partial charge is 0.354 e. The molecule has 0 spiro atoms. The lowest BCUT2D eigenvalue weighted by Crippen LogP contribution is -2.18. The van der Waals surface area contributed by atoms with Gasteiger partial charge in [-0.3, -0.25) is 9.36 Å². The van der Waals surface area contributed by atoms with E-state index in [2.05, 4.69) is 41.9 Å². The van der Waals surface area contributed by atoms with Crippen LogP contribution in [0.2, 0.25) is 0 Å². The molecular weight excluding hydrogens is 497 g/mol. The molecule has 8 heteroatoms. The number of amides is 1. The molecule has 1 aliphatic rings. The molecule has 4 rings (SSSR count). The van der Waals surface area contributed by atoms with Crippen molar-refractivity contribution in [2.45, 2.75) is 34.2 Å². The third-order valence-electron chi connectivity index (χ3n) is 6.08. The summed E-state index contributed by atoms with van der Waals surface area (Å²) in [5, 5.41) is 10.3. The van der Waals surface area contributed by atoms with Gasteiger partial charge in [-0.1, -0.05) is 56.3 Å². The predicted octanol–water partition coefficient (Wildman–Crippen LogP) is 6.26. The lowest BCUT2D eigenvalue weighted by atomic mass is 10.00. The highest BCUT2D eigenvalue weighted by atomic mass is 31.2. The van der Waals surface area contributed by atoms with Crippen LogP contribution < -0.4 is 21.3 Å². The Labute approximate surface area is 225 Å². The van der Waals surface area contributed by atoms with Crippen LogP contribution in [0.5, 0.6) is 0 Å². The Balaban J connectivity index is 1.75. The molecule has 1 heterocycles. The number of fused-ring (bicyclic) bond motifs is 1. The van der Waals surface area contributed by atoms with E-state index in [4.69, 9.17) is 9.05 Å². The van der Waals surface area contributed by atoms with Crippen LogP contribution in [0.15, 0.2) is 72.8 Å². The number of anilines is 2. The average molecular weight is 534 g/mol. The maximum absolute atomic E-state index is 13.5. The standard InChI is InChI=1S/C30H36N3O4P/c1-5-36-38(35,37-6-2)25-16-17-27-26(18-25)28(30(34)33-27)29(23-10-8-7-9-11-23)32-24-14-12-22(13-15-24)20-31-19-21(3)4/h7-18,21,31-32H,5-6,19-20H2,1-4H3,(H,33,34)/b29-28-. The summed E-state index contributed by atoms with van der Waals surface area (Å²) < 4.78 is 24.6. The van der Waals surface area contributed by atoms with Crippen LogP contribution in [-0.4, -0.2) is 25.7 Å². The minimum Gasteiger partial charge on any atom is -0.354 e. The first-order chi connectivity index (χ1) is 18.3. The average Bonchev–Trinajstić information content (AvgIpc) is 3.23. The van der Waals surface area contributed by atoms with E-state index in [1.807, 2.05) is 42.5 Å². The van der Waals surface area contributed by atoms with Gasteiger partial charge in [0.05, 0.1) is 29.8 Å². The van der Waals surface area contributed by atoms with E-state index >= 15 is 0 Å². The molecule has 0 saturated heterocycles. The Morgan fingerprint density at radius 1 is 0.947 bits per heavy atom. The first-order valence-electron chi connectivity index (χ1n) is 13.1. The monoisotopic (exact) mass is 533 g/mol. The number of benzene rings is 3. The second-order valence-electron chi connectivity index (χ2n) is 9.48. The molecule has 1 amide bonds. The summed E-state index contributed by atoms with van der Waals surface area (Å²) in [5.41, 5.74) is 5.32. The minimum atomic E-state index is -3.53. The summed E-state index contributed by atoms with van der Waals surface area (Å²) in [6.07, 6.45) is 0. The number of carbonyl (C=O) groups is 1. The molecule has 38 heavy (non-hydrogen) atoms. The Morgan fingerprint density at radius 2 is 1.63 bits per heavy atom. The fourth-order valence-electron chi connectivity index (χ4n) is 4.34. The van der Waals surface area contributed by atoms with Crippen LogP contribution >= 0.6 is 7.60 Å². The van der Waals surface area contributed by atoms with Crippen molar-refractivity contribution in [3.8, 4) is 0 Å². The molecule has 3 N–H and O–H groups in total. The molecule has 0 fully saturated rings. The summed E-state index contributed by atoms with van der Waals surface area (Å²) in [6.45, 7) is 10.2. The van der Waals surface area contributed by atoms with E-state index in [1.165, 1.54) is 5.56 Å². The largest absolute Gasteiger partial charge is 0.361 e. The van der Waals surface area contributed by atoms with Crippen LogP contribution in [0.1, 0.15) is 44.4 Å². The Bertz CT molecular complexity index is 1330. The Hall–Kier alpha value is -3.22. The zero-order valence-corrected chi connectivity index (χ0v) is 23.3. The van der Waals surface area contributed by atoms with E-state index in [0.29, 0.717) is 33.7 Å². The van der Waals surface area contributed by atoms with Crippen LogP contribution in [0, 0.1) is 5.92 Å². The first kappa shape index (κ1) is 27.8. The third kappa shape index (κ3) is 6.43. The predicted molar refractivity (Wildman–Crippen MR) is 155 cm³/mol. The zero-order chi connectivity index (χ0) is 27.1. The second kappa shape index (κ2) is 12.5. The lowest BCUT2D eigenvalue weighted by molar-refractivity contribution is -0.110. The van der Waals surface area contributed by atoms with Crippen LogP contribution in [-0.2, 0) is 25.0 Å². The molecule has 0 aliphatic carbocycles. The van der Waals surface area contributed by atoms with Crippen LogP contribution in [0.3, 0.4) is 0 Å². The SMILES string of the molecule is CCOP(=O)(OCC)c1ccc2c(c1)/C(=C(/Nc1ccc(CNCC(C)C)cc1)c1ccccc1)C(=O)N2. The van der Waals surface area contributed by atoms with Gasteiger partial charge in [-0.15, -0.1) is 0 Å². The van der Waals surface area contributed by atoms with Crippen molar-refractivity contribution >= 4 is 41.5 Å². The van der Waals surface area contributed by atoms with Crippen molar-refractivity contribution in [3.63, 3.8) is 0 Å². The topological polar surface area (TPSA) is 88.7 Å². The fraction of sp³-hybridized carbons (Fsp3) is 0.300. The lowest BCUT2D eigenvalue weighted by Gasteiger charge is -2.18. The summed E-state index contributed by atoms with van der Waals surface area (Å²) >= 11 is 0. The van der Waals surface area contributed by atoms with E-state index < -0.39 is 7.60 Å². The van der Waals surface area contributed by atoms with Crippen molar-refractivity contribution in [2.24, 2.45) is 5.92 Å². The van der Waals surface area contributed by atoms with Gasteiger partial charge in [0, 0.05) is 23.5 Å². The molecule has 0 saturated carbocycles. The van der Waals surface area contributed by atoms with Crippen molar-refractivity contribution in [2.75, 3.05) is 30.4 Å². The van der Waals surface area contributed by atoms with E-state index in [-0.39, 0.29) is 19.1 Å². The van der Waals surface area contributed by atoms with Gasteiger partial charge in [0.15, 0.2) is 0 Å². The van der Waals surface area contributed by atoms with Crippen molar-refractivity contribution in [1.29, 1.82) is 0 Å². The maximum Gasteiger partial charge on any atom is 0.361 e. The highest BCUT2D eigenvalue weighted by molar-refractivity contribution is 7.62. The van der Waals surface area contributed by atoms with Gasteiger partial charge < -0.3 is 25.0 Å². The highest BCUT2D eigenvalue weighted by Gasteiger charge is 2.33. The molecule has 0 unspecified atom stereocenters. The normalized spacial score (nSPS) is 14.4. The van der Waals surface area contributed by atoms with Gasteiger partial charge in [0.2, 0.25) is 0 Å². The van der Waals surface area contributed by atoms with Crippen molar-refractivity contribution in [3.05, 3.63) is 89.5 Å². The summed E-state index contributed by atoms with van der Waals surface area (Å²) in [4.78, 5) is 13.3. The molecule has 200 valence electrons. The fourth-order valence-corrected chi connectivity index (χ4v) is 5.94. The van der Waals surface area contributed by atoms with Gasteiger partial charge in [0.1, 0.15) is 0 Å². The zero-order valence-electron chi connectivity index (χ0n) is 22.4. The maximum atomic E-state index is 13.5. The van der Waals surface area contributed by atoms with Gasteiger partial charge in [-0.25, -0.2) is 0 Å². The van der Waals surface area contributed by atoms with Crippen LogP contribution in [0.25, 0.3) is 11.3 Å². The van der Waals surface area contributed by atoms with E-state index in [9.17, 15) is 9.36 Å². The van der Waals surface area contributed by atoms with Gasteiger partial charge >= 0.3 is 7.60 Å². The molecule has 0 bridgehead atoms. The third-order valence-corrected chi connectivity index (χ3v) is 8.19. The molecule has 0 radical (unpaired) electrons. The molecule has 0 aromatic heterocycles. The first-order valence-corrected chi connectivity index (χ1v) is 14.6. The Morgan fingerprint density at radius 3 is 2.26 bits per heavy atom. The number of hydrogen-bond acceptors (Lipinski definition) is 6. The van der Waals surface area contributed by atoms with E-state index in [1.54, 1.807) is 32.0 Å². The summed E-state index contributed by atoms with van der Waals surface area (Å²) in [6, 6.07) is 23.1. The molecule has 3 aromatic rings. The number of nitrogens with one attached hydrogen (secondary N) is 3. The number of hydrogen-bond donors (Lipinski definition) is 3. The van der Waals surface area contributed by atoms with Gasteiger partial charge in [0.25, 0.3) is 5.91 Å². The summed E-state index contributed by atoms with van der Waals surface area (Å²) in [5.74, 6) is 0.355. The van der Waals surface area contributed by atoms with Crippen molar-refractivity contribution < 1.29 is 18.4 Å². The van der Waals surface area contributed by atoms with Crippen LogP contribution in [0.4, 0.5) is 11.4 Å². The number of carbonyl (C=O) groups excluding carboxylic acids is 1. The number of rotatable bonds is 12. The minimum absolute atomic E-state index is 0.235. The van der Waals surface area contributed by atoms with E-state index in [0.717, 1.165) is 24.3 Å². The Kier molecular flexibility index (Phi) is 9.18. The van der Waals surface area contributed by atoms with Gasteiger partial charge in [-0.05, 0) is 67.8 Å². The molecule has 0 atom stereocenters.